The molecule has 2 aromatic heterocycles. The number of rotatable bonds is 4. The van der Waals surface area contributed by atoms with E-state index in [9.17, 15) is 4.79 Å². The first-order valence-electron chi connectivity index (χ1n) is 8.79. The van der Waals surface area contributed by atoms with E-state index in [-0.39, 0.29) is 5.56 Å². The van der Waals surface area contributed by atoms with Gasteiger partial charge in [-0.2, -0.15) is 0 Å². The Kier molecular flexibility index (Phi) is 4.42. The normalized spacial score (nSPS) is 10.9. The summed E-state index contributed by atoms with van der Waals surface area (Å²) in [5, 5.41) is 0.642. The van der Waals surface area contributed by atoms with Crippen LogP contribution in [-0.2, 0) is 6.54 Å². The minimum atomic E-state index is -0.0202. The van der Waals surface area contributed by atoms with E-state index in [0.717, 1.165) is 28.0 Å². The molecule has 4 aromatic rings. The van der Waals surface area contributed by atoms with E-state index < -0.39 is 0 Å². The van der Waals surface area contributed by atoms with Gasteiger partial charge in [0.05, 0.1) is 23.8 Å². The van der Waals surface area contributed by atoms with Crippen molar-refractivity contribution in [1.29, 1.82) is 0 Å². The molecule has 134 valence electrons. The molecule has 0 saturated carbocycles. The molecule has 0 aliphatic carbocycles. The van der Waals surface area contributed by atoms with Crippen molar-refractivity contribution in [2.75, 3.05) is 19.0 Å². The van der Waals surface area contributed by atoms with Gasteiger partial charge in [-0.05, 0) is 35.4 Å². The largest absolute Gasteiger partial charge is 0.363 e. The molecular weight excluding hydrogens is 336 g/mol. The molecule has 0 radical (unpaired) electrons. The van der Waals surface area contributed by atoms with Crippen molar-refractivity contribution >= 4 is 16.7 Å². The Morgan fingerprint density at radius 1 is 0.889 bits per heavy atom. The average Bonchev–Trinajstić information content (AvgIpc) is 2.71. The Morgan fingerprint density at radius 3 is 2.33 bits per heavy atom. The first kappa shape index (κ1) is 17.0. The van der Waals surface area contributed by atoms with Gasteiger partial charge in [0.1, 0.15) is 5.82 Å². The van der Waals surface area contributed by atoms with Crippen molar-refractivity contribution < 1.29 is 0 Å². The number of hydrogen-bond donors (Lipinski definition) is 0. The smallest absolute Gasteiger partial charge is 0.261 e. The van der Waals surface area contributed by atoms with E-state index in [2.05, 4.69) is 28.2 Å². The van der Waals surface area contributed by atoms with Crippen molar-refractivity contribution in [2.24, 2.45) is 0 Å². The van der Waals surface area contributed by atoms with Crippen molar-refractivity contribution in [3.8, 4) is 11.1 Å². The molecule has 0 atom stereocenters. The predicted molar refractivity (Wildman–Crippen MR) is 109 cm³/mol. The molecule has 0 spiro atoms. The third kappa shape index (κ3) is 3.44. The lowest BCUT2D eigenvalue weighted by molar-refractivity contribution is 0.748. The van der Waals surface area contributed by atoms with Crippen molar-refractivity contribution in [1.82, 2.24) is 14.5 Å². The highest BCUT2D eigenvalue weighted by molar-refractivity contribution is 5.76. The first-order chi connectivity index (χ1) is 13.1. The number of aromatic nitrogens is 3. The van der Waals surface area contributed by atoms with Crippen LogP contribution in [-0.4, -0.2) is 28.6 Å². The van der Waals surface area contributed by atoms with Crippen LogP contribution in [0.15, 0.2) is 78.0 Å². The fourth-order valence-electron chi connectivity index (χ4n) is 3.04. The highest BCUT2D eigenvalue weighted by Crippen LogP contribution is 2.21. The van der Waals surface area contributed by atoms with E-state index in [1.54, 1.807) is 10.9 Å². The molecule has 4 rings (SSSR count). The van der Waals surface area contributed by atoms with Crippen molar-refractivity contribution in [3.63, 3.8) is 0 Å². The third-order valence-corrected chi connectivity index (χ3v) is 4.58. The van der Waals surface area contributed by atoms with Crippen LogP contribution in [0.4, 0.5) is 5.82 Å². The Balaban J connectivity index is 1.58. The summed E-state index contributed by atoms with van der Waals surface area (Å²) in [6.07, 6.45) is 3.49. The standard InChI is InChI=1S/C22H20N4O/c1-25(2)21-12-11-18(13-23-21)17-9-7-16(8-10-17)14-26-15-24-20-6-4-3-5-19(20)22(26)27/h3-13,15H,14H2,1-2H3. The van der Waals surface area contributed by atoms with E-state index in [4.69, 9.17) is 0 Å². The molecule has 0 amide bonds. The topological polar surface area (TPSA) is 51.0 Å². The molecule has 0 bridgehead atoms. The number of benzene rings is 2. The van der Waals surface area contributed by atoms with Crippen LogP contribution >= 0.6 is 0 Å². The Morgan fingerprint density at radius 2 is 1.63 bits per heavy atom. The Hall–Kier alpha value is -3.47. The fraction of sp³-hybridized carbons (Fsp3) is 0.136. The minimum absolute atomic E-state index is 0.0202. The maximum absolute atomic E-state index is 12.6. The molecular formula is C22H20N4O. The van der Waals surface area contributed by atoms with E-state index in [1.165, 1.54) is 0 Å². The van der Waals surface area contributed by atoms with Crippen LogP contribution in [0.1, 0.15) is 5.56 Å². The van der Waals surface area contributed by atoms with Gasteiger partial charge in [0.15, 0.2) is 0 Å². The molecule has 0 fully saturated rings. The number of hydrogen-bond acceptors (Lipinski definition) is 4. The molecule has 27 heavy (non-hydrogen) atoms. The fourth-order valence-corrected chi connectivity index (χ4v) is 3.04. The van der Waals surface area contributed by atoms with Gasteiger partial charge in [-0.15, -0.1) is 0 Å². The van der Waals surface area contributed by atoms with E-state index in [0.29, 0.717) is 11.9 Å². The minimum Gasteiger partial charge on any atom is -0.363 e. The summed E-state index contributed by atoms with van der Waals surface area (Å²) in [5.41, 5.74) is 3.92. The van der Waals surface area contributed by atoms with Crippen molar-refractivity contribution in [2.45, 2.75) is 6.54 Å². The lowest BCUT2D eigenvalue weighted by Gasteiger charge is -2.11. The molecule has 5 nitrogen and oxygen atoms in total. The van der Waals surface area contributed by atoms with Crippen LogP contribution in [0.5, 0.6) is 0 Å². The van der Waals surface area contributed by atoms with Gasteiger partial charge < -0.3 is 4.90 Å². The quantitative estimate of drug-likeness (QED) is 0.561. The number of nitrogens with zero attached hydrogens (tertiary/aromatic N) is 4. The number of para-hydroxylation sites is 1. The van der Waals surface area contributed by atoms with Crippen LogP contribution in [0.2, 0.25) is 0 Å². The molecule has 0 unspecified atom stereocenters. The molecule has 0 aliphatic rings. The maximum atomic E-state index is 12.6. The monoisotopic (exact) mass is 356 g/mol. The van der Waals surface area contributed by atoms with Gasteiger partial charge in [-0.3, -0.25) is 9.36 Å². The summed E-state index contributed by atoms with van der Waals surface area (Å²) >= 11 is 0. The number of anilines is 1. The summed E-state index contributed by atoms with van der Waals surface area (Å²) in [6, 6.07) is 19.7. The number of pyridine rings is 1. The summed E-state index contributed by atoms with van der Waals surface area (Å²) < 4.78 is 1.64. The summed E-state index contributed by atoms with van der Waals surface area (Å²) in [4.78, 5) is 23.4. The molecule has 5 heteroatoms. The lowest BCUT2D eigenvalue weighted by Crippen LogP contribution is -2.21. The van der Waals surface area contributed by atoms with Crippen LogP contribution in [0.3, 0.4) is 0 Å². The Labute approximate surface area is 157 Å². The summed E-state index contributed by atoms with van der Waals surface area (Å²) in [7, 11) is 3.95. The van der Waals surface area contributed by atoms with Crippen LogP contribution < -0.4 is 10.5 Å². The molecule has 0 saturated heterocycles. The highest BCUT2D eigenvalue weighted by atomic mass is 16.1. The summed E-state index contributed by atoms with van der Waals surface area (Å²) in [5.74, 6) is 0.929. The van der Waals surface area contributed by atoms with Crippen molar-refractivity contribution in [3.05, 3.63) is 89.1 Å². The highest BCUT2D eigenvalue weighted by Gasteiger charge is 2.05. The van der Waals surface area contributed by atoms with E-state index >= 15 is 0 Å². The second-order valence-corrected chi connectivity index (χ2v) is 6.69. The zero-order valence-corrected chi connectivity index (χ0v) is 15.3. The molecule has 2 heterocycles. The lowest BCUT2D eigenvalue weighted by atomic mass is 10.1. The zero-order chi connectivity index (χ0) is 18.8. The first-order valence-corrected chi connectivity index (χ1v) is 8.79. The van der Waals surface area contributed by atoms with Crippen LogP contribution in [0.25, 0.3) is 22.0 Å². The SMILES string of the molecule is CN(C)c1ccc(-c2ccc(Cn3cnc4ccccc4c3=O)cc2)cn1. The second-order valence-electron chi connectivity index (χ2n) is 6.69. The predicted octanol–water partition coefficient (Wildman–Crippen LogP) is 3.57. The molecule has 2 aromatic carbocycles. The van der Waals surface area contributed by atoms with Gasteiger partial charge in [0.2, 0.25) is 0 Å². The van der Waals surface area contributed by atoms with Gasteiger partial charge in [-0.1, -0.05) is 36.4 Å². The zero-order valence-electron chi connectivity index (χ0n) is 15.3. The second kappa shape index (κ2) is 7.03. The summed E-state index contributed by atoms with van der Waals surface area (Å²) in [6.45, 7) is 0.495. The van der Waals surface area contributed by atoms with E-state index in [1.807, 2.05) is 67.7 Å². The molecule has 0 N–H and O–H groups in total. The van der Waals surface area contributed by atoms with Crippen LogP contribution in [0, 0.1) is 0 Å². The third-order valence-electron chi connectivity index (χ3n) is 4.58. The average molecular weight is 356 g/mol. The van der Waals surface area contributed by atoms with Gasteiger partial charge in [0.25, 0.3) is 5.56 Å². The van der Waals surface area contributed by atoms with Gasteiger partial charge in [0, 0.05) is 25.9 Å². The Bertz CT molecular complexity index is 1130. The van der Waals surface area contributed by atoms with Gasteiger partial charge >= 0.3 is 0 Å². The number of fused-ring (bicyclic) bond motifs is 1. The molecule has 0 aliphatic heterocycles. The van der Waals surface area contributed by atoms with Gasteiger partial charge in [-0.25, -0.2) is 9.97 Å². The maximum Gasteiger partial charge on any atom is 0.261 e.